The molecule has 0 aliphatic rings. The highest BCUT2D eigenvalue weighted by molar-refractivity contribution is 8.68. The first-order chi connectivity index (χ1) is 6.63. The van der Waals surface area contributed by atoms with Crippen LogP contribution in [-0.2, 0) is 4.75 Å². The SMILES string of the molecule is CC(C)(SS)c1ccc2nc[nH]c2c1. The largest absolute Gasteiger partial charge is 0.345 e. The Labute approximate surface area is 92.3 Å². The summed E-state index contributed by atoms with van der Waals surface area (Å²) in [5, 5.41) is 0. The molecule has 0 amide bonds. The van der Waals surface area contributed by atoms with Crippen LogP contribution >= 0.6 is 22.5 Å². The van der Waals surface area contributed by atoms with Crippen LogP contribution < -0.4 is 0 Å². The number of nitrogens with one attached hydrogen (secondary N) is 1. The number of rotatable bonds is 2. The molecule has 1 heterocycles. The summed E-state index contributed by atoms with van der Waals surface area (Å²) in [6.07, 6.45) is 1.72. The molecule has 0 unspecified atom stereocenters. The van der Waals surface area contributed by atoms with Gasteiger partial charge in [0.1, 0.15) is 0 Å². The van der Waals surface area contributed by atoms with E-state index in [9.17, 15) is 0 Å². The van der Waals surface area contributed by atoms with E-state index in [0.717, 1.165) is 11.0 Å². The van der Waals surface area contributed by atoms with Gasteiger partial charge in [-0.25, -0.2) is 4.98 Å². The quantitative estimate of drug-likeness (QED) is 0.605. The number of fused-ring (bicyclic) bond motifs is 1. The Bertz CT molecular complexity index is 448. The van der Waals surface area contributed by atoms with Crippen molar-refractivity contribution in [2.45, 2.75) is 18.6 Å². The lowest BCUT2D eigenvalue weighted by Gasteiger charge is -2.21. The van der Waals surface area contributed by atoms with Gasteiger partial charge in [0.15, 0.2) is 0 Å². The second-order valence-electron chi connectivity index (χ2n) is 3.74. The zero-order chi connectivity index (χ0) is 10.2. The number of aromatic amines is 1. The first kappa shape index (κ1) is 9.93. The number of hydrogen-bond donors (Lipinski definition) is 2. The van der Waals surface area contributed by atoms with Gasteiger partial charge in [-0.3, -0.25) is 0 Å². The van der Waals surface area contributed by atoms with Gasteiger partial charge < -0.3 is 4.98 Å². The van der Waals surface area contributed by atoms with Gasteiger partial charge >= 0.3 is 0 Å². The van der Waals surface area contributed by atoms with E-state index < -0.39 is 0 Å². The molecule has 1 aromatic heterocycles. The van der Waals surface area contributed by atoms with Crippen LogP contribution in [0.1, 0.15) is 19.4 Å². The average Bonchev–Trinajstić information content (AvgIpc) is 2.64. The van der Waals surface area contributed by atoms with Crippen LogP contribution in [0.2, 0.25) is 0 Å². The predicted molar refractivity (Wildman–Crippen MR) is 65.7 cm³/mol. The molecule has 2 nitrogen and oxygen atoms in total. The van der Waals surface area contributed by atoms with Crippen LogP contribution in [0.3, 0.4) is 0 Å². The molecule has 2 rings (SSSR count). The van der Waals surface area contributed by atoms with E-state index in [4.69, 9.17) is 0 Å². The summed E-state index contributed by atoms with van der Waals surface area (Å²) in [7, 11) is 1.55. The van der Waals surface area contributed by atoms with E-state index in [1.807, 2.05) is 6.07 Å². The predicted octanol–water partition coefficient (Wildman–Crippen LogP) is 3.38. The van der Waals surface area contributed by atoms with E-state index >= 15 is 0 Å². The van der Waals surface area contributed by atoms with Crippen LogP contribution in [0.25, 0.3) is 11.0 Å². The highest BCUT2D eigenvalue weighted by Crippen LogP contribution is 2.38. The maximum atomic E-state index is 4.28. The van der Waals surface area contributed by atoms with Gasteiger partial charge in [0.05, 0.1) is 17.4 Å². The van der Waals surface area contributed by atoms with E-state index in [0.29, 0.717) is 0 Å². The van der Waals surface area contributed by atoms with Crippen LogP contribution in [0.4, 0.5) is 0 Å². The molecule has 0 fully saturated rings. The fourth-order valence-electron chi connectivity index (χ4n) is 1.36. The van der Waals surface area contributed by atoms with E-state index in [2.05, 4.69) is 47.6 Å². The van der Waals surface area contributed by atoms with E-state index in [1.165, 1.54) is 5.56 Å². The van der Waals surface area contributed by atoms with Crippen molar-refractivity contribution in [3.8, 4) is 0 Å². The molecule has 0 aliphatic carbocycles. The fourth-order valence-corrected chi connectivity index (χ4v) is 1.91. The monoisotopic (exact) mass is 224 g/mol. The number of aromatic nitrogens is 2. The molecule has 0 radical (unpaired) electrons. The third-order valence-electron chi connectivity index (χ3n) is 2.34. The lowest BCUT2D eigenvalue weighted by Crippen LogP contribution is -2.09. The summed E-state index contributed by atoms with van der Waals surface area (Å²) in [5.41, 5.74) is 3.35. The van der Waals surface area contributed by atoms with Gasteiger partial charge in [-0.15, -0.1) is 11.7 Å². The molecule has 2 aromatic rings. The lowest BCUT2D eigenvalue weighted by molar-refractivity contribution is 0.791. The Kier molecular flexibility index (Phi) is 2.49. The van der Waals surface area contributed by atoms with Gasteiger partial charge in [0.25, 0.3) is 0 Å². The van der Waals surface area contributed by atoms with Crippen molar-refractivity contribution in [3.63, 3.8) is 0 Å². The van der Waals surface area contributed by atoms with Crippen LogP contribution in [0.15, 0.2) is 24.5 Å². The number of thiol groups is 1. The molecule has 14 heavy (non-hydrogen) atoms. The van der Waals surface area contributed by atoms with Gasteiger partial charge in [0, 0.05) is 4.75 Å². The summed E-state index contributed by atoms with van der Waals surface area (Å²) in [5.74, 6) is 0. The van der Waals surface area contributed by atoms with Gasteiger partial charge in [-0.1, -0.05) is 16.9 Å². The molecule has 0 saturated carbocycles. The topological polar surface area (TPSA) is 28.7 Å². The zero-order valence-electron chi connectivity index (χ0n) is 8.11. The van der Waals surface area contributed by atoms with Gasteiger partial charge in [-0.2, -0.15) is 0 Å². The minimum atomic E-state index is 0.0302. The van der Waals surface area contributed by atoms with Crippen molar-refractivity contribution in [2.24, 2.45) is 0 Å². The van der Waals surface area contributed by atoms with Crippen molar-refractivity contribution in [3.05, 3.63) is 30.1 Å². The average molecular weight is 224 g/mol. The summed E-state index contributed by atoms with van der Waals surface area (Å²) in [6, 6.07) is 6.27. The second-order valence-corrected chi connectivity index (χ2v) is 5.49. The van der Waals surface area contributed by atoms with Crippen LogP contribution in [-0.4, -0.2) is 9.97 Å². The Balaban J connectivity index is 2.53. The van der Waals surface area contributed by atoms with Gasteiger partial charge in [-0.05, 0) is 31.5 Å². The van der Waals surface area contributed by atoms with E-state index in [1.54, 1.807) is 17.1 Å². The van der Waals surface area contributed by atoms with Gasteiger partial charge in [0.2, 0.25) is 0 Å². The summed E-state index contributed by atoms with van der Waals surface area (Å²) >= 11 is 4.28. The zero-order valence-corrected chi connectivity index (χ0v) is 9.82. The third-order valence-corrected chi connectivity index (χ3v) is 4.41. The number of nitrogens with zero attached hydrogens (tertiary/aromatic N) is 1. The Morgan fingerprint density at radius 1 is 1.43 bits per heavy atom. The third kappa shape index (κ3) is 1.64. The molecule has 0 spiro atoms. The fraction of sp³-hybridized carbons (Fsp3) is 0.300. The number of H-pyrrole nitrogens is 1. The number of benzene rings is 1. The standard InChI is InChI=1S/C10H12N2S2/c1-10(2,14-13)7-3-4-8-9(5-7)12-6-11-8/h3-6,13H,1-2H3,(H,11,12). The summed E-state index contributed by atoms with van der Waals surface area (Å²) in [4.78, 5) is 7.30. The molecular weight excluding hydrogens is 212 g/mol. The van der Waals surface area contributed by atoms with Crippen molar-refractivity contribution in [2.75, 3.05) is 0 Å². The Morgan fingerprint density at radius 2 is 2.21 bits per heavy atom. The first-order valence-corrected chi connectivity index (χ1v) is 6.26. The van der Waals surface area contributed by atoms with E-state index in [-0.39, 0.29) is 4.75 Å². The van der Waals surface area contributed by atoms with Crippen LogP contribution in [0, 0.1) is 0 Å². The maximum Gasteiger partial charge on any atom is 0.0931 e. The second kappa shape index (κ2) is 3.51. The molecule has 0 saturated heterocycles. The number of hydrogen-bond acceptors (Lipinski definition) is 3. The van der Waals surface area contributed by atoms with Crippen molar-refractivity contribution < 1.29 is 0 Å². The number of imidazole rings is 1. The molecule has 0 bridgehead atoms. The smallest absolute Gasteiger partial charge is 0.0931 e. The molecule has 0 aliphatic heterocycles. The minimum absolute atomic E-state index is 0.0302. The minimum Gasteiger partial charge on any atom is -0.345 e. The lowest BCUT2D eigenvalue weighted by atomic mass is 10.0. The molecule has 74 valence electrons. The Hall–Kier alpha value is -0.610. The van der Waals surface area contributed by atoms with Crippen molar-refractivity contribution >= 4 is 33.5 Å². The summed E-state index contributed by atoms with van der Waals surface area (Å²) in [6.45, 7) is 4.31. The van der Waals surface area contributed by atoms with Crippen LogP contribution in [0.5, 0.6) is 0 Å². The maximum absolute atomic E-state index is 4.28. The molecular formula is C10H12N2S2. The normalized spacial score (nSPS) is 12.2. The molecule has 0 atom stereocenters. The van der Waals surface area contributed by atoms with Crippen molar-refractivity contribution in [1.29, 1.82) is 0 Å². The highest BCUT2D eigenvalue weighted by Gasteiger charge is 2.19. The highest BCUT2D eigenvalue weighted by atomic mass is 33.1. The molecule has 4 heteroatoms. The first-order valence-electron chi connectivity index (χ1n) is 4.40. The Morgan fingerprint density at radius 3 is 2.93 bits per heavy atom. The molecule has 1 N–H and O–H groups in total. The van der Waals surface area contributed by atoms with Crippen molar-refractivity contribution in [1.82, 2.24) is 9.97 Å². The summed E-state index contributed by atoms with van der Waals surface area (Å²) < 4.78 is 0.0302. The molecule has 1 aromatic carbocycles.